The van der Waals surface area contributed by atoms with Gasteiger partial charge >= 0.3 is 0 Å². The summed E-state index contributed by atoms with van der Waals surface area (Å²) >= 11 is 0. The summed E-state index contributed by atoms with van der Waals surface area (Å²) in [7, 11) is 0. The quantitative estimate of drug-likeness (QED) is 0.884. The van der Waals surface area contributed by atoms with Gasteiger partial charge in [-0.2, -0.15) is 0 Å². The molecule has 100 valence electrons. The maximum absolute atomic E-state index is 10.4. The number of aliphatic hydroxyl groups is 1. The van der Waals surface area contributed by atoms with Gasteiger partial charge in [-0.15, -0.1) is 0 Å². The Kier molecular flexibility index (Phi) is 3.76. The number of rotatable bonds is 3. The van der Waals surface area contributed by atoms with Gasteiger partial charge in [-0.1, -0.05) is 18.2 Å². The van der Waals surface area contributed by atoms with Crippen molar-refractivity contribution < 1.29 is 5.11 Å². The molecule has 3 heteroatoms. The molecule has 0 radical (unpaired) electrons. The van der Waals surface area contributed by atoms with E-state index in [1.807, 2.05) is 30.5 Å². The summed E-state index contributed by atoms with van der Waals surface area (Å²) in [4.78, 5) is 4.37. The second-order valence-corrected chi connectivity index (χ2v) is 5.37. The van der Waals surface area contributed by atoms with Gasteiger partial charge in [0, 0.05) is 18.1 Å². The molecule has 0 saturated carbocycles. The van der Waals surface area contributed by atoms with Gasteiger partial charge in [0.2, 0.25) is 0 Å². The minimum absolute atomic E-state index is 0.265. The van der Waals surface area contributed by atoms with Crippen LogP contribution in [-0.2, 0) is 6.42 Å². The lowest BCUT2D eigenvalue weighted by Crippen LogP contribution is -2.37. The average Bonchev–Trinajstić information content (AvgIpc) is 2.48. The highest BCUT2D eigenvalue weighted by molar-refractivity contribution is 5.81. The predicted molar refractivity (Wildman–Crippen MR) is 77.0 cm³/mol. The van der Waals surface area contributed by atoms with E-state index in [9.17, 15) is 5.11 Å². The van der Waals surface area contributed by atoms with E-state index in [-0.39, 0.29) is 6.10 Å². The molecule has 1 saturated heterocycles. The lowest BCUT2D eigenvalue weighted by atomic mass is 9.89. The van der Waals surface area contributed by atoms with Crippen LogP contribution in [-0.4, -0.2) is 29.3 Å². The Balaban J connectivity index is 1.80. The number of piperidine rings is 1. The van der Waals surface area contributed by atoms with Crippen molar-refractivity contribution in [3.05, 3.63) is 42.1 Å². The largest absolute Gasteiger partial charge is 0.392 e. The minimum Gasteiger partial charge on any atom is -0.392 e. The number of fused-ring (bicyclic) bond motifs is 1. The Hall–Kier alpha value is -1.45. The molecule has 3 rings (SSSR count). The van der Waals surface area contributed by atoms with Gasteiger partial charge in [0.25, 0.3) is 0 Å². The number of para-hydroxylation sites is 1. The van der Waals surface area contributed by atoms with Crippen LogP contribution in [0.1, 0.15) is 18.4 Å². The number of hydrogen-bond donors (Lipinski definition) is 2. The second kappa shape index (κ2) is 5.68. The molecule has 1 aromatic heterocycles. The molecule has 1 aliphatic rings. The first kappa shape index (κ1) is 12.6. The van der Waals surface area contributed by atoms with Gasteiger partial charge in [-0.3, -0.25) is 4.98 Å². The highest BCUT2D eigenvalue weighted by Gasteiger charge is 2.22. The monoisotopic (exact) mass is 256 g/mol. The fourth-order valence-electron chi connectivity index (χ4n) is 2.93. The van der Waals surface area contributed by atoms with Gasteiger partial charge in [0.15, 0.2) is 0 Å². The highest BCUT2D eigenvalue weighted by atomic mass is 16.3. The number of hydrogen-bond acceptors (Lipinski definition) is 3. The second-order valence-electron chi connectivity index (χ2n) is 5.37. The molecule has 2 atom stereocenters. The van der Waals surface area contributed by atoms with E-state index in [1.54, 1.807) is 0 Å². The fraction of sp³-hybridized carbons (Fsp3) is 0.438. The van der Waals surface area contributed by atoms with Crippen LogP contribution in [0.4, 0.5) is 0 Å². The number of benzene rings is 1. The fourth-order valence-corrected chi connectivity index (χ4v) is 2.93. The van der Waals surface area contributed by atoms with E-state index >= 15 is 0 Å². The lowest BCUT2D eigenvalue weighted by molar-refractivity contribution is 0.0925. The van der Waals surface area contributed by atoms with Crippen molar-refractivity contribution in [2.75, 3.05) is 13.1 Å². The van der Waals surface area contributed by atoms with E-state index in [1.165, 1.54) is 12.0 Å². The van der Waals surface area contributed by atoms with Crippen molar-refractivity contribution >= 4 is 10.9 Å². The summed E-state index contributed by atoms with van der Waals surface area (Å²) in [6.07, 6.45) is 4.58. The number of pyridine rings is 1. The standard InChI is InChI=1S/C16H20N2O/c19-16(13-4-3-8-17-11-13)10-12-7-9-18-15-6-2-1-5-14(12)15/h1-2,5-7,9,13,16-17,19H,3-4,8,10-11H2. The van der Waals surface area contributed by atoms with Gasteiger partial charge in [0.05, 0.1) is 11.6 Å². The van der Waals surface area contributed by atoms with Crippen LogP contribution in [0.3, 0.4) is 0 Å². The summed E-state index contributed by atoms with van der Waals surface area (Å²) < 4.78 is 0. The highest BCUT2D eigenvalue weighted by Crippen LogP contribution is 2.22. The van der Waals surface area contributed by atoms with Crippen molar-refractivity contribution in [3.8, 4) is 0 Å². The molecular weight excluding hydrogens is 236 g/mol. The predicted octanol–water partition coefficient (Wildman–Crippen LogP) is 2.14. The van der Waals surface area contributed by atoms with Gasteiger partial charge < -0.3 is 10.4 Å². The molecule has 1 aliphatic heterocycles. The minimum atomic E-state index is -0.265. The van der Waals surface area contributed by atoms with Gasteiger partial charge in [0.1, 0.15) is 0 Å². The van der Waals surface area contributed by atoms with Crippen LogP contribution in [0.25, 0.3) is 10.9 Å². The molecular formula is C16H20N2O. The first-order valence-corrected chi connectivity index (χ1v) is 7.06. The SMILES string of the molecule is OC(Cc1ccnc2ccccc12)C1CCCNC1. The Bertz CT molecular complexity index is 544. The molecule has 1 fully saturated rings. The average molecular weight is 256 g/mol. The maximum atomic E-state index is 10.4. The van der Waals surface area contributed by atoms with Crippen LogP contribution in [0.5, 0.6) is 0 Å². The maximum Gasteiger partial charge on any atom is 0.0704 e. The molecule has 2 aromatic rings. The third kappa shape index (κ3) is 2.77. The van der Waals surface area contributed by atoms with Crippen LogP contribution >= 0.6 is 0 Å². The molecule has 2 heterocycles. The van der Waals surface area contributed by atoms with Crippen LogP contribution in [0.15, 0.2) is 36.5 Å². The van der Waals surface area contributed by atoms with Crippen molar-refractivity contribution in [2.45, 2.75) is 25.4 Å². The van der Waals surface area contributed by atoms with E-state index in [0.717, 1.165) is 36.8 Å². The van der Waals surface area contributed by atoms with Crippen molar-refractivity contribution in [2.24, 2.45) is 5.92 Å². The summed E-state index contributed by atoms with van der Waals surface area (Å²) in [5.74, 6) is 0.376. The third-order valence-electron chi connectivity index (χ3n) is 4.05. The van der Waals surface area contributed by atoms with E-state index < -0.39 is 0 Å². The Morgan fingerprint density at radius 2 is 2.21 bits per heavy atom. The number of aromatic nitrogens is 1. The van der Waals surface area contributed by atoms with Gasteiger partial charge in [-0.25, -0.2) is 0 Å². The van der Waals surface area contributed by atoms with Crippen molar-refractivity contribution in [1.82, 2.24) is 10.3 Å². The topological polar surface area (TPSA) is 45.2 Å². The molecule has 3 nitrogen and oxygen atoms in total. The molecule has 19 heavy (non-hydrogen) atoms. The van der Waals surface area contributed by atoms with Crippen molar-refractivity contribution in [3.63, 3.8) is 0 Å². The first-order valence-electron chi connectivity index (χ1n) is 7.06. The summed E-state index contributed by atoms with van der Waals surface area (Å²) in [6.45, 7) is 2.02. The third-order valence-corrected chi connectivity index (χ3v) is 4.05. The van der Waals surface area contributed by atoms with E-state index in [2.05, 4.69) is 16.4 Å². The molecule has 0 amide bonds. The number of nitrogens with one attached hydrogen (secondary N) is 1. The number of aliphatic hydroxyl groups excluding tert-OH is 1. The van der Waals surface area contributed by atoms with Crippen LogP contribution < -0.4 is 5.32 Å². The molecule has 0 bridgehead atoms. The summed E-state index contributed by atoms with van der Waals surface area (Å²) in [6, 6.07) is 10.2. The molecule has 2 unspecified atom stereocenters. The molecule has 1 aromatic carbocycles. The lowest BCUT2D eigenvalue weighted by Gasteiger charge is -2.27. The normalized spacial score (nSPS) is 21.4. The molecule has 2 N–H and O–H groups in total. The summed E-state index contributed by atoms with van der Waals surface area (Å²) in [5.41, 5.74) is 2.21. The van der Waals surface area contributed by atoms with E-state index in [0.29, 0.717) is 5.92 Å². The summed E-state index contributed by atoms with van der Waals surface area (Å²) in [5, 5.41) is 15.0. The zero-order valence-corrected chi connectivity index (χ0v) is 11.0. The Morgan fingerprint density at radius 1 is 1.32 bits per heavy atom. The van der Waals surface area contributed by atoms with Crippen LogP contribution in [0, 0.1) is 5.92 Å². The van der Waals surface area contributed by atoms with Crippen LogP contribution in [0.2, 0.25) is 0 Å². The zero-order chi connectivity index (χ0) is 13.1. The van der Waals surface area contributed by atoms with Crippen molar-refractivity contribution in [1.29, 1.82) is 0 Å². The first-order chi connectivity index (χ1) is 9.34. The Morgan fingerprint density at radius 3 is 3.05 bits per heavy atom. The smallest absolute Gasteiger partial charge is 0.0704 e. The Labute approximate surface area is 113 Å². The number of nitrogens with zero attached hydrogens (tertiary/aromatic N) is 1. The van der Waals surface area contributed by atoms with Gasteiger partial charge in [-0.05, 0) is 49.4 Å². The van der Waals surface area contributed by atoms with E-state index in [4.69, 9.17) is 0 Å². The molecule has 0 aliphatic carbocycles. The zero-order valence-electron chi connectivity index (χ0n) is 11.0. The molecule has 0 spiro atoms.